The van der Waals surface area contributed by atoms with Gasteiger partial charge in [0.15, 0.2) is 0 Å². The van der Waals surface area contributed by atoms with Crippen molar-refractivity contribution in [2.75, 3.05) is 20.3 Å². The van der Waals surface area contributed by atoms with Gasteiger partial charge in [0.25, 0.3) is 0 Å². The van der Waals surface area contributed by atoms with Gasteiger partial charge in [-0.05, 0) is 19.3 Å². The molecule has 0 aromatic heterocycles. The molecular formula is C13H24N2O3. The van der Waals surface area contributed by atoms with Crippen molar-refractivity contribution in [3.8, 4) is 0 Å². The van der Waals surface area contributed by atoms with E-state index in [1.807, 2.05) is 0 Å². The average molecular weight is 256 g/mol. The van der Waals surface area contributed by atoms with E-state index < -0.39 is 0 Å². The maximum atomic E-state index is 11.6. The Morgan fingerprint density at radius 1 is 1.17 bits per heavy atom. The van der Waals surface area contributed by atoms with Crippen LogP contribution in [-0.2, 0) is 14.3 Å². The van der Waals surface area contributed by atoms with Crippen molar-refractivity contribution in [1.29, 1.82) is 0 Å². The number of methoxy groups -OCH3 is 1. The molecule has 18 heavy (non-hydrogen) atoms. The Bertz CT molecular complexity index is 263. The molecular weight excluding hydrogens is 232 g/mol. The standard InChI is InChI=1S/C13H24N2O3/c1-18-9-5-8-14-12(16)10-13(17)15-11-6-3-2-4-7-11/h11H,2-10H2,1H3,(H,14,16)(H,15,17). The maximum Gasteiger partial charge on any atom is 0.229 e. The first-order valence-corrected chi connectivity index (χ1v) is 6.77. The lowest BCUT2D eigenvalue weighted by Crippen LogP contribution is -2.39. The van der Waals surface area contributed by atoms with Crippen LogP contribution < -0.4 is 10.6 Å². The third-order valence-corrected chi connectivity index (χ3v) is 3.14. The molecule has 0 radical (unpaired) electrons. The molecule has 2 N–H and O–H groups in total. The van der Waals surface area contributed by atoms with Crippen LogP contribution >= 0.6 is 0 Å². The Kier molecular flexibility index (Phi) is 7.41. The van der Waals surface area contributed by atoms with Gasteiger partial charge in [0.1, 0.15) is 6.42 Å². The Morgan fingerprint density at radius 2 is 1.89 bits per heavy atom. The number of nitrogens with one attached hydrogen (secondary N) is 2. The Labute approximate surface area is 109 Å². The molecule has 0 aromatic rings. The molecule has 0 atom stereocenters. The molecule has 1 fully saturated rings. The molecule has 1 saturated carbocycles. The van der Waals surface area contributed by atoms with Gasteiger partial charge in [-0.1, -0.05) is 19.3 Å². The zero-order chi connectivity index (χ0) is 13.2. The molecule has 0 aromatic carbocycles. The van der Waals surface area contributed by atoms with Gasteiger partial charge in [-0.25, -0.2) is 0 Å². The topological polar surface area (TPSA) is 67.4 Å². The first-order chi connectivity index (χ1) is 8.72. The van der Waals surface area contributed by atoms with Crippen molar-refractivity contribution in [2.45, 2.75) is 51.0 Å². The van der Waals surface area contributed by atoms with Crippen molar-refractivity contribution < 1.29 is 14.3 Å². The summed E-state index contributed by atoms with van der Waals surface area (Å²) in [7, 11) is 1.62. The van der Waals surface area contributed by atoms with E-state index in [2.05, 4.69) is 10.6 Å². The normalized spacial score (nSPS) is 16.3. The monoisotopic (exact) mass is 256 g/mol. The van der Waals surface area contributed by atoms with Crippen LogP contribution in [0.4, 0.5) is 0 Å². The highest BCUT2D eigenvalue weighted by atomic mass is 16.5. The van der Waals surface area contributed by atoms with Gasteiger partial charge in [-0.3, -0.25) is 9.59 Å². The summed E-state index contributed by atoms with van der Waals surface area (Å²) in [4.78, 5) is 23.1. The summed E-state index contributed by atoms with van der Waals surface area (Å²) >= 11 is 0. The molecule has 2 amide bonds. The minimum Gasteiger partial charge on any atom is -0.385 e. The summed E-state index contributed by atoms with van der Waals surface area (Å²) in [5, 5.41) is 5.63. The maximum absolute atomic E-state index is 11.6. The van der Waals surface area contributed by atoms with Crippen LogP contribution in [0.15, 0.2) is 0 Å². The third kappa shape index (κ3) is 6.59. The largest absolute Gasteiger partial charge is 0.385 e. The molecule has 1 rings (SSSR count). The van der Waals surface area contributed by atoms with E-state index in [0.717, 1.165) is 19.3 Å². The van der Waals surface area contributed by atoms with Gasteiger partial charge in [0, 0.05) is 26.3 Å². The van der Waals surface area contributed by atoms with Crippen molar-refractivity contribution in [3.05, 3.63) is 0 Å². The summed E-state index contributed by atoms with van der Waals surface area (Å²) in [5.41, 5.74) is 0. The van der Waals surface area contributed by atoms with Gasteiger partial charge in [0.05, 0.1) is 0 Å². The molecule has 0 unspecified atom stereocenters. The third-order valence-electron chi connectivity index (χ3n) is 3.14. The molecule has 0 aliphatic heterocycles. The molecule has 5 nitrogen and oxygen atoms in total. The van der Waals surface area contributed by atoms with Crippen LogP contribution in [0.2, 0.25) is 0 Å². The molecule has 0 bridgehead atoms. The van der Waals surface area contributed by atoms with Gasteiger partial charge in [-0.15, -0.1) is 0 Å². The number of carbonyl (C=O) groups excluding carboxylic acids is 2. The Morgan fingerprint density at radius 3 is 2.56 bits per heavy atom. The number of ether oxygens (including phenoxy) is 1. The summed E-state index contributed by atoms with van der Waals surface area (Å²) in [6, 6.07) is 0.271. The molecule has 5 heteroatoms. The molecule has 1 aliphatic carbocycles. The van der Waals surface area contributed by atoms with Crippen molar-refractivity contribution >= 4 is 11.8 Å². The minimum absolute atomic E-state index is 0.0660. The zero-order valence-electron chi connectivity index (χ0n) is 11.2. The highest BCUT2D eigenvalue weighted by Crippen LogP contribution is 2.17. The van der Waals surface area contributed by atoms with Gasteiger partial charge >= 0.3 is 0 Å². The molecule has 0 saturated heterocycles. The van der Waals surface area contributed by atoms with Crippen LogP contribution in [0.1, 0.15) is 44.9 Å². The van der Waals surface area contributed by atoms with Crippen LogP contribution in [0.3, 0.4) is 0 Å². The Hall–Kier alpha value is -1.10. The number of hydrogen-bond acceptors (Lipinski definition) is 3. The average Bonchev–Trinajstić information content (AvgIpc) is 2.35. The van der Waals surface area contributed by atoms with E-state index in [-0.39, 0.29) is 24.3 Å². The minimum atomic E-state index is -0.209. The highest BCUT2D eigenvalue weighted by molar-refractivity contribution is 5.96. The molecule has 0 heterocycles. The van der Waals surface area contributed by atoms with Gasteiger partial charge in [-0.2, -0.15) is 0 Å². The van der Waals surface area contributed by atoms with Crippen molar-refractivity contribution in [1.82, 2.24) is 10.6 Å². The van der Waals surface area contributed by atoms with E-state index in [9.17, 15) is 9.59 Å². The summed E-state index contributed by atoms with van der Waals surface area (Å²) < 4.78 is 4.87. The second-order valence-electron chi connectivity index (χ2n) is 4.78. The van der Waals surface area contributed by atoms with E-state index in [1.165, 1.54) is 19.3 Å². The predicted molar refractivity (Wildman–Crippen MR) is 69.1 cm³/mol. The van der Waals surface area contributed by atoms with Crippen LogP contribution in [0.5, 0.6) is 0 Å². The first kappa shape index (κ1) is 15.0. The van der Waals surface area contributed by atoms with Gasteiger partial charge in [0.2, 0.25) is 11.8 Å². The summed E-state index contributed by atoms with van der Waals surface area (Å²) in [6.45, 7) is 1.18. The van der Waals surface area contributed by atoms with Gasteiger partial charge < -0.3 is 15.4 Å². The lowest BCUT2D eigenvalue weighted by atomic mass is 9.95. The summed E-state index contributed by atoms with van der Waals surface area (Å²) in [5.74, 6) is -0.370. The molecule has 104 valence electrons. The predicted octanol–water partition coefficient (Wildman–Crippen LogP) is 0.978. The van der Waals surface area contributed by atoms with E-state index >= 15 is 0 Å². The second-order valence-corrected chi connectivity index (χ2v) is 4.78. The number of carbonyl (C=O) groups is 2. The fourth-order valence-corrected chi connectivity index (χ4v) is 2.18. The Balaban J connectivity index is 2.08. The molecule has 0 spiro atoms. The van der Waals surface area contributed by atoms with E-state index in [1.54, 1.807) is 7.11 Å². The quantitative estimate of drug-likeness (QED) is 0.527. The lowest BCUT2D eigenvalue weighted by Gasteiger charge is -2.22. The fourth-order valence-electron chi connectivity index (χ4n) is 2.18. The second kappa shape index (κ2) is 8.91. The van der Waals surface area contributed by atoms with E-state index in [0.29, 0.717) is 13.2 Å². The highest BCUT2D eigenvalue weighted by Gasteiger charge is 2.17. The van der Waals surface area contributed by atoms with E-state index in [4.69, 9.17) is 4.74 Å². The number of hydrogen-bond donors (Lipinski definition) is 2. The zero-order valence-corrected chi connectivity index (χ0v) is 11.2. The van der Waals surface area contributed by atoms with Crippen LogP contribution in [0, 0.1) is 0 Å². The number of rotatable bonds is 7. The van der Waals surface area contributed by atoms with Crippen LogP contribution in [0.25, 0.3) is 0 Å². The smallest absolute Gasteiger partial charge is 0.229 e. The molecule has 1 aliphatic rings. The fraction of sp³-hybridized carbons (Fsp3) is 0.846. The first-order valence-electron chi connectivity index (χ1n) is 6.77. The van der Waals surface area contributed by atoms with Crippen molar-refractivity contribution in [2.24, 2.45) is 0 Å². The van der Waals surface area contributed by atoms with Crippen molar-refractivity contribution in [3.63, 3.8) is 0 Å². The lowest BCUT2D eigenvalue weighted by molar-refractivity contribution is -0.129. The SMILES string of the molecule is COCCCNC(=O)CC(=O)NC1CCCCC1. The van der Waals surface area contributed by atoms with Crippen LogP contribution in [-0.4, -0.2) is 38.1 Å². The number of amides is 2. The summed E-state index contributed by atoms with van der Waals surface area (Å²) in [6.07, 6.45) is 6.40.